The van der Waals surface area contributed by atoms with Gasteiger partial charge in [0.1, 0.15) is 11.6 Å². The van der Waals surface area contributed by atoms with Crippen LogP contribution in [0.1, 0.15) is 36.9 Å². The molecule has 1 N–H and O–H groups in total. The van der Waals surface area contributed by atoms with Gasteiger partial charge >= 0.3 is 0 Å². The summed E-state index contributed by atoms with van der Waals surface area (Å²) < 4.78 is 27.9. The molecule has 2 aromatic rings. The fourth-order valence-corrected chi connectivity index (χ4v) is 2.37. The lowest BCUT2D eigenvalue weighted by atomic mass is 9.98. The van der Waals surface area contributed by atoms with Crippen molar-refractivity contribution in [2.24, 2.45) is 0 Å². The summed E-state index contributed by atoms with van der Waals surface area (Å²) in [6.07, 6.45) is 5.77. The molecule has 4 heteroatoms. The molecule has 0 saturated heterocycles. The Hall–Kier alpha value is -1.81. The van der Waals surface area contributed by atoms with E-state index in [2.05, 4.69) is 10.3 Å². The van der Waals surface area contributed by atoms with Crippen molar-refractivity contribution < 1.29 is 8.78 Å². The van der Waals surface area contributed by atoms with Gasteiger partial charge in [-0.3, -0.25) is 4.98 Å². The molecule has 21 heavy (non-hydrogen) atoms. The lowest BCUT2D eigenvalue weighted by Crippen LogP contribution is -2.24. The van der Waals surface area contributed by atoms with Crippen LogP contribution in [0.5, 0.6) is 0 Å². The van der Waals surface area contributed by atoms with Gasteiger partial charge in [-0.1, -0.05) is 13.0 Å². The number of nitrogens with zero attached hydrogens (tertiary/aromatic N) is 1. The van der Waals surface area contributed by atoms with E-state index in [1.165, 1.54) is 18.2 Å². The molecule has 0 aliphatic rings. The maximum atomic E-state index is 14.0. The van der Waals surface area contributed by atoms with Gasteiger partial charge in [-0.15, -0.1) is 0 Å². The SMILES string of the molecule is CCCNC(CCc1ccncc1)c1c(F)cccc1F. The molecular formula is C17H20F2N2. The second kappa shape index (κ2) is 7.84. The van der Waals surface area contributed by atoms with E-state index >= 15 is 0 Å². The summed E-state index contributed by atoms with van der Waals surface area (Å²) in [7, 11) is 0. The van der Waals surface area contributed by atoms with Gasteiger partial charge in [-0.2, -0.15) is 0 Å². The van der Waals surface area contributed by atoms with Crippen molar-refractivity contribution in [2.45, 2.75) is 32.2 Å². The van der Waals surface area contributed by atoms with E-state index in [0.29, 0.717) is 6.42 Å². The monoisotopic (exact) mass is 290 g/mol. The molecule has 0 fully saturated rings. The van der Waals surface area contributed by atoms with Crippen molar-refractivity contribution in [1.29, 1.82) is 0 Å². The Kier molecular flexibility index (Phi) is 5.81. The highest BCUT2D eigenvalue weighted by atomic mass is 19.1. The molecule has 0 aliphatic heterocycles. The van der Waals surface area contributed by atoms with Crippen molar-refractivity contribution in [1.82, 2.24) is 10.3 Å². The Balaban J connectivity index is 2.14. The molecule has 112 valence electrons. The molecule has 2 nitrogen and oxygen atoms in total. The Bertz CT molecular complexity index is 538. The van der Waals surface area contributed by atoms with E-state index in [1.54, 1.807) is 12.4 Å². The third kappa shape index (κ3) is 4.33. The molecule has 2 rings (SSSR count). The quantitative estimate of drug-likeness (QED) is 0.832. The van der Waals surface area contributed by atoms with Crippen molar-refractivity contribution in [3.63, 3.8) is 0 Å². The van der Waals surface area contributed by atoms with Gasteiger partial charge in [0.05, 0.1) is 0 Å². The van der Waals surface area contributed by atoms with Gasteiger partial charge < -0.3 is 5.32 Å². The number of benzene rings is 1. The van der Waals surface area contributed by atoms with Crippen LogP contribution in [0.3, 0.4) is 0 Å². The van der Waals surface area contributed by atoms with Crippen LogP contribution in [0.25, 0.3) is 0 Å². The topological polar surface area (TPSA) is 24.9 Å². The first-order chi connectivity index (χ1) is 10.2. The van der Waals surface area contributed by atoms with Crippen molar-refractivity contribution in [3.05, 3.63) is 65.5 Å². The zero-order chi connectivity index (χ0) is 15.1. The van der Waals surface area contributed by atoms with Crippen LogP contribution in [-0.4, -0.2) is 11.5 Å². The van der Waals surface area contributed by atoms with Gasteiger partial charge in [-0.25, -0.2) is 8.78 Å². The molecule has 0 amide bonds. The average Bonchev–Trinajstić information content (AvgIpc) is 2.50. The third-order valence-corrected chi connectivity index (χ3v) is 3.46. The highest BCUT2D eigenvalue weighted by molar-refractivity contribution is 5.24. The number of halogens is 2. The fraction of sp³-hybridized carbons (Fsp3) is 0.353. The van der Waals surface area contributed by atoms with Crippen LogP contribution < -0.4 is 5.32 Å². The lowest BCUT2D eigenvalue weighted by Gasteiger charge is -2.20. The van der Waals surface area contributed by atoms with E-state index in [1.807, 2.05) is 19.1 Å². The fourth-order valence-electron chi connectivity index (χ4n) is 2.37. The van der Waals surface area contributed by atoms with E-state index in [-0.39, 0.29) is 11.6 Å². The standard InChI is InChI=1S/C17H20F2N2/c1-2-10-21-16(7-6-13-8-11-20-12-9-13)17-14(18)4-3-5-15(17)19/h3-5,8-9,11-12,16,21H,2,6-7,10H2,1H3. The maximum absolute atomic E-state index is 14.0. The Labute approximate surface area is 124 Å². The van der Waals surface area contributed by atoms with E-state index in [4.69, 9.17) is 0 Å². The second-order valence-electron chi connectivity index (χ2n) is 5.04. The minimum atomic E-state index is -0.488. The van der Waals surface area contributed by atoms with Crippen molar-refractivity contribution in [3.8, 4) is 0 Å². The van der Waals surface area contributed by atoms with Crippen LogP contribution in [0.15, 0.2) is 42.7 Å². The zero-order valence-corrected chi connectivity index (χ0v) is 12.2. The minimum absolute atomic E-state index is 0.139. The summed E-state index contributed by atoms with van der Waals surface area (Å²) in [5.74, 6) is -0.975. The molecule has 0 spiro atoms. The highest BCUT2D eigenvalue weighted by Crippen LogP contribution is 2.24. The van der Waals surface area contributed by atoms with Gasteiger partial charge in [0.15, 0.2) is 0 Å². The van der Waals surface area contributed by atoms with Gasteiger partial charge in [0.2, 0.25) is 0 Å². The molecule has 1 aromatic carbocycles. The number of aromatic nitrogens is 1. The number of pyridine rings is 1. The van der Waals surface area contributed by atoms with Crippen molar-refractivity contribution in [2.75, 3.05) is 6.54 Å². The molecule has 0 radical (unpaired) electrons. The van der Waals surface area contributed by atoms with Crippen LogP contribution in [-0.2, 0) is 6.42 Å². The molecule has 0 aliphatic carbocycles. The van der Waals surface area contributed by atoms with E-state index in [0.717, 1.165) is 24.9 Å². The Morgan fingerprint density at radius 3 is 2.38 bits per heavy atom. The molecule has 1 heterocycles. The molecule has 0 bridgehead atoms. The van der Waals surface area contributed by atoms with E-state index < -0.39 is 11.6 Å². The molecule has 0 saturated carbocycles. The first-order valence-corrected chi connectivity index (χ1v) is 7.28. The largest absolute Gasteiger partial charge is 0.310 e. The normalized spacial score (nSPS) is 12.3. The zero-order valence-electron chi connectivity index (χ0n) is 12.2. The number of aryl methyl sites for hydroxylation is 1. The summed E-state index contributed by atoms with van der Waals surface area (Å²) in [5.41, 5.74) is 1.25. The third-order valence-electron chi connectivity index (χ3n) is 3.46. The van der Waals surface area contributed by atoms with Crippen molar-refractivity contribution >= 4 is 0 Å². The summed E-state index contributed by atoms with van der Waals surface area (Å²) in [5, 5.41) is 3.24. The second-order valence-corrected chi connectivity index (χ2v) is 5.04. The Morgan fingerprint density at radius 1 is 1.10 bits per heavy atom. The van der Waals surface area contributed by atoms with Crippen LogP contribution >= 0.6 is 0 Å². The van der Waals surface area contributed by atoms with Gasteiger partial charge in [0, 0.05) is 24.0 Å². The predicted octanol–water partition coefficient (Wildman–Crippen LogP) is 4.03. The van der Waals surface area contributed by atoms with Gasteiger partial charge in [-0.05, 0) is 55.6 Å². The number of hydrogen-bond donors (Lipinski definition) is 1. The maximum Gasteiger partial charge on any atom is 0.130 e. The number of nitrogens with one attached hydrogen (secondary N) is 1. The summed E-state index contributed by atoms with van der Waals surface area (Å²) in [6.45, 7) is 2.76. The van der Waals surface area contributed by atoms with Gasteiger partial charge in [0.25, 0.3) is 0 Å². The molecular weight excluding hydrogens is 270 g/mol. The average molecular weight is 290 g/mol. The minimum Gasteiger partial charge on any atom is -0.310 e. The Morgan fingerprint density at radius 2 is 1.76 bits per heavy atom. The van der Waals surface area contributed by atoms with Crippen LogP contribution in [0.2, 0.25) is 0 Å². The number of hydrogen-bond acceptors (Lipinski definition) is 2. The summed E-state index contributed by atoms with van der Waals surface area (Å²) >= 11 is 0. The lowest BCUT2D eigenvalue weighted by molar-refractivity contribution is 0.446. The smallest absolute Gasteiger partial charge is 0.130 e. The van der Waals surface area contributed by atoms with Crippen LogP contribution in [0.4, 0.5) is 8.78 Å². The first kappa shape index (κ1) is 15.6. The first-order valence-electron chi connectivity index (χ1n) is 7.28. The van der Waals surface area contributed by atoms with Crippen LogP contribution in [0, 0.1) is 11.6 Å². The molecule has 1 aromatic heterocycles. The summed E-state index contributed by atoms with van der Waals surface area (Å²) in [4.78, 5) is 3.97. The highest BCUT2D eigenvalue weighted by Gasteiger charge is 2.19. The van der Waals surface area contributed by atoms with E-state index in [9.17, 15) is 8.78 Å². The molecule has 1 unspecified atom stereocenters. The number of rotatable bonds is 7. The summed E-state index contributed by atoms with van der Waals surface area (Å²) in [6, 6.07) is 7.55. The predicted molar refractivity (Wildman–Crippen MR) is 80.0 cm³/mol. The molecule has 1 atom stereocenters.